The van der Waals surface area contributed by atoms with Gasteiger partial charge in [-0.2, -0.15) is 5.48 Å². The number of nitrogens with one attached hydrogen (secondary N) is 1. The molecule has 4 nitrogen and oxygen atoms in total. The van der Waals surface area contributed by atoms with Crippen LogP contribution in [-0.4, -0.2) is 38.1 Å². The maximum Gasteiger partial charge on any atom is 0.100 e. The molecule has 0 unspecified atom stereocenters. The molecule has 1 N–H and O–H groups in total. The van der Waals surface area contributed by atoms with E-state index in [4.69, 9.17) is 9.57 Å². The highest BCUT2D eigenvalue weighted by molar-refractivity contribution is 5.27. The lowest BCUT2D eigenvalue weighted by atomic mass is 10.2. The van der Waals surface area contributed by atoms with E-state index in [0.29, 0.717) is 26.6 Å². The molecule has 1 fully saturated rings. The van der Waals surface area contributed by atoms with Gasteiger partial charge in [-0.05, 0) is 12.0 Å². The van der Waals surface area contributed by atoms with Crippen LogP contribution in [0.1, 0.15) is 6.42 Å². The summed E-state index contributed by atoms with van der Waals surface area (Å²) in [5, 5.41) is 0. The fourth-order valence-corrected chi connectivity index (χ4v) is 1.65. The zero-order valence-corrected chi connectivity index (χ0v) is 9.39. The lowest BCUT2D eigenvalue weighted by Gasteiger charge is -2.25. The van der Waals surface area contributed by atoms with E-state index in [1.165, 1.54) is 5.57 Å². The van der Waals surface area contributed by atoms with E-state index in [0.717, 1.165) is 13.0 Å². The first-order valence-electron chi connectivity index (χ1n) is 5.62. The molecule has 1 aliphatic heterocycles. The van der Waals surface area contributed by atoms with Crippen LogP contribution in [0.5, 0.6) is 0 Å². The van der Waals surface area contributed by atoms with Gasteiger partial charge in [0.1, 0.15) is 6.73 Å². The lowest BCUT2D eigenvalue weighted by Crippen LogP contribution is -2.40. The van der Waals surface area contributed by atoms with Gasteiger partial charge in [0.05, 0.1) is 19.9 Å². The summed E-state index contributed by atoms with van der Waals surface area (Å²) in [6.07, 6.45) is 11.7. The second kappa shape index (κ2) is 6.60. The van der Waals surface area contributed by atoms with Crippen molar-refractivity contribution in [3.05, 3.63) is 36.0 Å². The minimum atomic E-state index is 0.611. The topological polar surface area (TPSA) is 33.7 Å². The molecule has 0 amide bonds. The maximum absolute atomic E-state index is 5.45. The van der Waals surface area contributed by atoms with Crippen LogP contribution in [0.25, 0.3) is 0 Å². The second-order valence-electron chi connectivity index (χ2n) is 3.82. The van der Waals surface area contributed by atoms with E-state index in [-0.39, 0.29) is 0 Å². The van der Waals surface area contributed by atoms with Gasteiger partial charge in [-0.15, -0.1) is 0 Å². The Labute approximate surface area is 96.2 Å². The zero-order chi connectivity index (χ0) is 11.1. The predicted molar refractivity (Wildman–Crippen MR) is 62.5 cm³/mol. The number of ether oxygens (including phenoxy) is 1. The smallest absolute Gasteiger partial charge is 0.100 e. The molecule has 0 aromatic heterocycles. The summed E-state index contributed by atoms with van der Waals surface area (Å²) in [6.45, 7) is 3.47. The van der Waals surface area contributed by atoms with Crippen molar-refractivity contribution in [2.24, 2.45) is 0 Å². The van der Waals surface area contributed by atoms with Crippen molar-refractivity contribution in [3.8, 4) is 0 Å². The van der Waals surface area contributed by atoms with Gasteiger partial charge < -0.3 is 4.74 Å². The van der Waals surface area contributed by atoms with Gasteiger partial charge in [-0.1, -0.05) is 30.4 Å². The van der Waals surface area contributed by atoms with Gasteiger partial charge >= 0.3 is 0 Å². The Morgan fingerprint density at radius 3 is 3.31 bits per heavy atom. The molecule has 16 heavy (non-hydrogen) atoms. The van der Waals surface area contributed by atoms with Gasteiger partial charge in [0, 0.05) is 6.54 Å². The van der Waals surface area contributed by atoms with Gasteiger partial charge in [0.2, 0.25) is 0 Å². The molecule has 1 aliphatic carbocycles. The van der Waals surface area contributed by atoms with Crippen LogP contribution in [0.3, 0.4) is 0 Å². The zero-order valence-electron chi connectivity index (χ0n) is 9.39. The average Bonchev–Trinajstić information content (AvgIpc) is 2.50. The van der Waals surface area contributed by atoms with Crippen molar-refractivity contribution >= 4 is 0 Å². The van der Waals surface area contributed by atoms with E-state index in [2.05, 4.69) is 40.8 Å². The molecule has 2 rings (SSSR count). The Morgan fingerprint density at radius 1 is 1.31 bits per heavy atom. The van der Waals surface area contributed by atoms with Crippen molar-refractivity contribution < 1.29 is 9.57 Å². The van der Waals surface area contributed by atoms with Crippen molar-refractivity contribution in [2.75, 3.05) is 33.2 Å². The molecule has 1 heterocycles. The fourth-order valence-electron chi connectivity index (χ4n) is 1.65. The summed E-state index contributed by atoms with van der Waals surface area (Å²) >= 11 is 0. The largest absolute Gasteiger partial charge is 0.364 e. The van der Waals surface area contributed by atoms with Crippen molar-refractivity contribution in [3.63, 3.8) is 0 Å². The minimum Gasteiger partial charge on any atom is -0.364 e. The first kappa shape index (κ1) is 11.5. The maximum atomic E-state index is 5.45. The van der Waals surface area contributed by atoms with E-state index in [9.17, 15) is 0 Å². The number of hydroxylamine groups is 1. The molecule has 0 aromatic rings. The predicted octanol–water partition coefficient (Wildman–Crippen LogP) is 1.20. The van der Waals surface area contributed by atoms with Crippen LogP contribution in [-0.2, 0) is 9.57 Å². The fraction of sp³-hybridized carbons (Fsp3) is 0.500. The molecule has 88 valence electrons. The van der Waals surface area contributed by atoms with E-state index in [1.807, 2.05) is 0 Å². The molecular weight excluding hydrogens is 204 g/mol. The summed E-state index contributed by atoms with van der Waals surface area (Å²) < 4.78 is 5.45. The number of hydrogen-bond acceptors (Lipinski definition) is 4. The van der Waals surface area contributed by atoms with Crippen LogP contribution < -0.4 is 5.48 Å². The first-order chi connectivity index (χ1) is 7.95. The second-order valence-corrected chi connectivity index (χ2v) is 3.82. The molecule has 0 atom stereocenters. The SMILES string of the molecule is C1=CCC=C(CN2CNOCCOC2)C=C1. The van der Waals surface area contributed by atoms with Crippen LogP contribution in [0.2, 0.25) is 0 Å². The van der Waals surface area contributed by atoms with E-state index in [1.54, 1.807) is 0 Å². The van der Waals surface area contributed by atoms with Gasteiger partial charge in [-0.25, -0.2) is 0 Å². The molecule has 0 radical (unpaired) electrons. The number of nitrogens with zero attached hydrogens (tertiary/aromatic N) is 1. The standard InChI is InChI=1S/C12H18N2O2/c1-2-4-6-12(5-3-1)9-14-10-13-16-8-7-15-11-14/h1-3,5-6,13H,4,7-11H2. The Kier molecular flexibility index (Phi) is 4.76. The normalized spacial score (nSPS) is 23.4. The van der Waals surface area contributed by atoms with Crippen LogP contribution in [0.15, 0.2) is 36.0 Å². The summed E-state index contributed by atoms with van der Waals surface area (Å²) in [7, 11) is 0. The minimum absolute atomic E-state index is 0.611. The van der Waals surface area contributed by atoms with E-state index >= 15 is 0 Å². The van der Waals surface area contributed by atoms with Crippen LogP contribution in [0, 0.1) is 0 Å². The molecule has 0 spiro atoms. The average molecular weight is 222 g/mol. The Hall–Kier alpha value is -0.940. The quantitative estimate of drug-likeness (QED) is 0.761. The number of rotatable bonds is 2. The third-order valence-corrected chi connectivity index (χ3v) is 2.47. The van der Waals surface area contributed by atoms with E-state index < -0.39 is 0 Å². The van der Waals surface area contributed by atoms with Crippen molar-refractivity contribution in [2.45, 2.75) is 6.42 Å². The lowest BCUT2D eigenvalue weighted by molar-refractivity contribution is -0.0864. The summed E-state index contributed by atoms with van der Waals surface area (Å²) in [5.41, 5.74) is 4.24. The third-order valence-electron chi connectivity index (χ3n) is 2.47. The summed E-state index contributed by atoms with van der Waals surface area (Å²) in [6, 6.07) is 0. The van der Waals surface area contributed by atoms with Crippen molar-refractivity contribution in [1.29, 1.82) is 0 Å². The Balaban J connectivity index is 1.84. The number of hydrogen-bond donors (Lipinski definition) is 1. The molecule has 0 saturated carbocycles. The van der Waals surface area contributed by atoms with Crippen molar-refractivity contribution in [1.82, 2.24) is 10.4 Å². The third kappa shape index (κ3) is 3.90. The molecule has 0 bridgehead atoms. The van der Waals surface area contributed by atoms with Gasteiger partial charge in [0.25, 0.3) is 0 Å². The summed E-state index contributed by atoms with van der Waals surface area (Å²) in [4.78, 5) is 7.32. The summed E-state index contributed by atoms with van der Waals surface area (Å²) in [5.74, 6) is 0. The molecule has 4 heteroatoms. The highest BCUT2D eigenvalue weighted by atomic mass is 16.7. The molecule has 1 saturated heterocycles. The highest BCUT2D eigenvalue weighted by Crippen LogP contribution is 2.07. The Morgan fingerprint density at radius 2 is 2.31 bits per heavy atom. The monoisotopic (exact) mass is 222 g/mol. The van der Waals surface area contributed by atoms with Gasteiger partial charge in [-0.3, -0.25) is 9.74 Å². The highest BCUT2D eigenvalue weighted by Gasteiger charge is 2.09. The van der Waals surface area contributed by atoms with Crippen LogP contribution >= 0.6 is 0 Å². The molecule has 0 aromatic carbocycles. The Bertz CT molecular complexity index is 289. The molecular formula is C12H18N2O2. The first-order valence-corrected chi connectivity index (χ1v) is 5.62. The molecule has 2 aliphatic rings. The van der Waals surface area contributed by atoms with Crippen LogP contribution in [0.4, 0.5) is 0 Å². The van der Waals surface area contributed by atoms with Gasteiger partial charge in [0.15, 0.2) is 0 Å². The number of allylic oxidation sites excluding steroid dienone is 4.